The van der Waals surface area contributed by atoms with Crippen molar-refractivity contribution in [1.29, 1.82) is 0 Å². The maximum atomic E-state index is 12.7. The number of nitrogens with zero attached hydrogens (tertiary/aromatic N) is 6. The molecule has 0 bridgehead atoms. The SMILES string of the molecule is Cc1ccncc1C(=O)N1CCCN(CCn2cnnc2)CC1. The van der Waals surface area contributed by atoms with Crippen LogP contribution >= 0.6 is 0 Å². The molecule has 0 N–H and O–H groups in total. The Labute approximate surface area is 135 Å². The van der Waals surface area contributed by atoms with E-state index in [1.54, 1.807) is 25.0 Å². The highest BCUT2D eigenvalue weighted by molar-refractivity contribution is 5.95. The predicted octanol–water partition coefficient (Wildman–Crippen LogP) is 0.830. The van der Waals surface area contributed by atoms with Crippen LogP contribution < -0.4 is 0 Å². The third kappa shape index (κ3) is 3.92. The molecule has 0 saturated carbocycles. The molecule has 1 amide bonds. The number of hydrogen-bond donors (Lipinski definition) is 0. The highest BCUT2D eigenvalue weighted by Crippen LogP contribution is 2.12. The molecule has 0 unspecified atom stereocenters. The second-order valence-electron chi connectivity index (χ2n) is 5.88. The van der Waals surface area contributed by atoms with Crippen LogP contribution in [0.15, 0.2) is 31.1 Å². The van der Waals surface area contributed by atoms with E-state index in [4.69, 9.17) is 0 Å². The molecule has 0 aromatic carbocycles. The molecular weight excluding hydrogens is 292 g/mol. The Morgan fingerprint density at radius 1 is 1.13 bits per heavy atom. The molecule has 0 atom stereocenters. The molecule has 3 heterocycles. The van der Waals surface area contributed by atoms with E-state index < -0.39 is 0 Å². The zero-order valence-corrected chi connectivity index (χ0v) is 13.4. The summed E-state index contributed by atoms with van der Waals surface area (Å²) < 4.78 is 1.98. The molecule has 1 aliphatic heterocycles. The second kappa shape index (κ2) is 7.32. The molecule has 2 aromatic heterocycles. The Morgan fingerprint density at radius 2 is 1.96 bits per heavy atom. The standard InChI is InChI=1S/C16H22N6O/c1-14-3-4-17-11-15(14)16(23)22-6-2-5-20(9-10-22)7-8-21-12-18-19-13-21/h3-4,11-13H,2,5-10H2,1H3. The molecule has 1 aliphatic rings. The minimum atomic E-state index is 0.0938. The molecule has 1 saturated heterocycles. The number of carbonyl (C=O) groups is 1. The minimum Gasteiger partial charge on any atom is -0.337 e. The lowest BCUT2D eigenvalue weighted by Crippen LogP contribution is -2.36. The van der Waals surface area contributed by atoms with Crippen molar-refractivity contribution in [3.8, 4) is 0 Å². The molecule has 0 radical (unpaired) electrons. The molecule has 2 aromatic rings. The first kappa shape index (κ1) is 15.6. The van der Waals surface area contributed by atoms with Gasteiger partial charge >= 0.3 is 0 Å². The van der Waals surface area contributed by atoms with Crippen LogP contribution in [0.2, 0.25) is 0 Å². The van der Waals surface area contributed by atoms with Gasteiger partial charge in [0.05, 0.1) is 5.56 Å². The van der Waals surface area contributed by atoms with Gasteiger partial charge in [0.2, 0.25) is 0 Å². The van der Waals surface area contributed by atoms with Gasteiger partial charge in [-0.3, -0.25) is 14.7 Å². The Kier molecular flexibility index (Phi) is 4.97. The van der Waals surface area contributed by atoms with E-state index >= 15 is 0 Å². The number of hydrogen-bond acceptors (Lipinski definition) is 5. The van der Waals surface area contributed by atoms with Crippen molar-refractivity contribution in [3.63, 3.8) is 0 Å². The van der Waals surface area contributed by atoms with Gasteiger partial charge in [-0.2, -0.15) is 0 Å². The van der Waals surface area contributed by atoms with Crippen molar-refractivity contribution in [3.05, 3.63) is 42.2 Å². The zero-order chi connectivity index (χ0) is 16.1. The lowest BCUT2D eigenvalue weighted by atomic mass is 10.1. The van der Waals surface area contributed by atoms with Crippen LogP contribution in [0.25, 0.3) is 0 Å². The molecule has 3 rings (SSSR count). The van der Waals surface area contributed by atoms with Crippen LogP contribution in [-0.2, 0) is 6.54 Å². The Hall–Kier alpha value is -2.28. The monoisotopic (exact) mass is 314 g/mol. The van der Waals surface area contributed by atoms with Gasteiger partial charge in [0.25, 0.3) is 5.91 Å². The summed E-state index contributed by atoms with van der Waals surface area (Å²) >= 11 is 0. The third-order valence-electron chi connectivity index (χ3n) is 4.29. The van der Waals surface area contributed by atoms with Crippen molar-refractivity contribution in [2.75, 3.05) is 32.7 Å². The largest absolute Gasteiger partial charge is 0.337 e. The van der Waals surface area contributed by atoms with E-state index in [-0.39, 0.29) is 5.91 Å². The summed E-state index contributed by atoms with van der Waals surface area (Å²) in [4.78, 5) is 21.1. The average Bonchev–Trinajstić information content (AvgIpc) is 2.97. The minimum absolute atomic E-state index is 0.0938. The number of rotatable bonds is 4. The molecule has 122 valence electrons. The molecule has 0 aliphatic carbocycles. The van der Waals surface area contributed by atoms with Gasteiger partial charge < -0.3 is 9.47 Å². The first-order valence-corrected chi connectivity index (χ1v) is 7.98. The fourth-order valence-corrected chi connectivity index (χ4v) is 2.85. The summed E-state index contributed by atoms with van der Waals surface area (Å²) in [5.74, 6) is 0.0938. The van der Waals surface area contributed by atoms with Gasteiger partial charge in [-0.25, -0.2) is 0 Å². The van der Waals surface area contributed by atoms with E-state index in [1.165, 1.54) is 0 Å². The van der Waals surface area contributed by atoms with Crippen molar-refractivity contribution < 1.29 is 4.79 Å². The lowest BCUT2D eigenvalue weighted by Gasteiger charge is -2.22. The van der Waals surface area contributed by atoms with Crippen LogP contribution in [-0.4, -0.2) is 68.2 Å². The maximum absolute atomic E-state index is 12.7. The highest BCUT2D eigenvalue weighted by Gasteiger charge is 2.21. The average molecular weight is 314 g/mol. The molecular formula is C16H22N6O. The number of aromatic nitrogens is 4. The molecule has 23 heavy (non-hydrogen) atoms. The third-order valence-corrected chi connectivity index (χ3v) is 4.29. The van der Waals surface area contributed by atoms with Gasteiger partial charge in [0, 0.05) is 45.1 Å². The van der Waals surface area contributed by atoms with E-state index in [1.807, 2.05) is 22.5 Å². The van der Waals surface area contributed by atoms with Crippen molar-refractivity contribution in [1.82, 2.24) is 29.5 Å². The topological polar surface area (TPSA) is 67.2 Å². The predicted molar refractivity (Wildman–Crippen MR) is 86.0 cm³/mol. The maximum Gasteiger partial charge on any atom is 0.255 e. The number of pyridine rings is 1. The van der Waals surface area contributed by atoms with Gasteiger partial charge in [-0.1, -0.05) is 0 Å². The fraction of sp³-hybridized carbons (Fsp3) is 0.500. The number of aryl methyl sites for hydroxylation is 1. The summed E-state index contributed by atoms with van der Waals surface area (Å²) in [6, 6.07) is 1.89. The zero-order valence-electron chi connectivity index (χ0n) is 13.4. The van der Waals surface area contributed by atoms with E-state index in [0.717, 1.165) is 51.3 Å². The number of carbonyl (C=O) groups excluding carboxylic acids is 1. The fourth-order valence-electron chi connectivity index (χ4n) is 2.85. The Bertz CT molecular complexity index is 642. The molecule has 0 spiro atoms. The highest BCUT2D eigenvalue weighted by atomic mass is 16.2. The van der Waals surface area contributed by atoms with Gasteiger partial charge in [0.1, 0.15) is 12.7 Å². The number of amides is 1. The first-order chi connectivity index (χ1) is 11.2. The van der Waals surface area contributed by atoms with Gasteiger partial charge in [0.15, 0.2) is 0 Å². The van der Waals surface area contributed by atoms with Gasteiger partial charge in [-0.15, -0.1) is 10.2 Å². The summed E-state index contributed by atoms with van der Waals surface area (Å²) in [7, 11) is 0. The molecule has 1 fully saturated rings. The van der Waals surface area contributed by atoms with E-state index in [0.29, 0.717) is 5.56 Å². The van der Waals surface area contributed by atoms with Crippen LogP contribution in [0.4, 0.5) is 0 Å². The smallest absolute Gasteiger partial charge is 0.255 e. The van der Waals surface area contributed by atoms with Crippen LogP contribution in [0.3, 0.4) is 0 Å². The second-order valence-corrected chi connectivity index (χ2v) is 5.88. The van der Waals surface area contributed by atoms with Crippen molar-refractivity contribution >= 4 is 5.91 Å². The summed E-state index contributed by atoms with van der Waals surface area (Å²) in [5.41, 5.74) is 1.70. The molecule has 7 heteroatoms. The Balaban J connectivity index is 1.56. The normalized spacial score (nSPS) is 16.3. The summed E-state index contributed by atoms with van der Waals surface area (Å²) in [6.07, 6.45) is 7.86. The summed E-state index contributed by atoms with van der Waals surface area (Å²) in [6.45, 7) is 7.25. The van der Waals surface area contributed by atoms with Crippen LogP contribution in [0.1, 0.15) is 22.3 Å². The lowest BCUT2D eigenvalue weighted by molar-refractivity contribution is 0.0760. The Morgan fingerprint density at radius 3 is 2.74 bits per heavy atom. The van der Waals surface area contributed by atoms with Crippen molar-refractivity contribution in [2.45, 2.75) is 19.9 Å². The quantitative estimate of drug-likeness (QED) is 0.836. The van der Waals surface area contributed by atoms with Gasteiger partial charge in [-0.05, 0) is 31.5 Å². The summed E-state index contributed by atoms with van der Waals surface area (Å²) in [5, 5.41) is 7.63. The van der Waals surface area contributed by atoms with Crippen LogP contribution in [0.5, 0.6) is 0 Å². The van der Waals surface area contributed by atoms with E-state index in [2.05, 4.69) is 20.1 Å². The van der Waals surface area contributed by atoms with Crippen LogP contribution in [0, 0.1) is 6.92 Å². The molecule has 7 nitrogen and oxygen atoms in total. The van der Waals surface area contributed by atoms with Crippen molar-refractivity contribution in [2.24, 2.45) is 0 Å². The van der Waals surface area contributed by atoms with E-state index in [9.17, 15) is 4.79 Å². The first-order valence-electron chi connectivity index (χ1n) is 7.98.